The van der Waals surface area contributed by atoms with Crippen LogP contribution in [0.4, 0.5) is 0 Å². The molecule has 2 fully saturated rings. The van der Waals surface area contributed by atoms with Crippen molar-refractivity contribution in [3.05, 3.63) is 0 Å². The molecule has 0 N–H and O–H groups in total. The first-order chi connectivity index (χ1) is 8.54. The Bertz CT molecular complexity index is 361. The summed E-state index contributed by atoms with van der Waals surface area (Å²) < 4.78 is 0. The molecule has 3 unspecified atom stereocenters. The fraction of sp³-hybridized carbons (Fsp3) is 0.857. The van der Waals surface area contributed by atoms with E-state index in [0.29, 0.717) is 6.04 Å². The number of carbonyl (C=O) groups is 1. The van der Waals surface area contributed by atoms with E-state index in [2.05, 4.69) is 17.9 Å². The fourth-order valence-electron chi connectivity index (χ4n) is 3.16. The minimum atomic E-state index is -0.486. The molecule has 0 aliphatic carbocycles. The van der Waals surface area contributed by atoms with Gasteiger partial charge in [-0.2, -0.15) is 5.26 Å². The number of hydrogen-bond acceptors (Lipinski definition) is 3. The summed E-state index contributed by atoms with van der Waals surface area (Å²) in [5.74, 6) is -0.358. The van der Waals surface area contributed by atoms with Crippen LogP contribution in [0.1, 0.15) is 33.6 Å². The summed E-state index contributed by atoms with van der Waals surface area (Å²) >= 11 is 0. The lowest BCUT2D eigenvalue weighted by Gasteiger charge is -2.43. The standard InChI is InChI=1S/C14H23N3O/c1-10(2)13(7-15)14(18)17-9-12-5-4-6-16(12)8-11(17)3/h10-13H,4-6,8-9H2,1-3H3. The quantitative estimate of drug-likeness (QED) is 0.744. The van der Waals surface area contributed by atoms with E-state index in [4.69, 9.17) is 5.26 Å². The topological polar surface area (TPSA) is 47.3 Å². The average molecular weight is 249 g/mol. The molecule has 4 nitrogen and oxygen atoms in total. The average Bonchev–Trinajstić information content (AvgIpc) is 2.75. The first-order valence-electron chi connectivity index (χ1n) is 6.98. The Balaban J connectivity index is 2.08. The Labute approximate surface area is 110 Å². The molecule has 2 rings (SSSR count). The first kappa shape index (κ1) is 13.4. The molecule has 4 heteroatoms. The van der Waals surface area contributed by atoms with Gasteiger partial charge in [-0.25, -0.2) is 0 Å². The van der Waals surface area contributed by atoms with Crippen molar-refractivity contribution in [1.29, 1.82) is 5.26 Å². The van der Waals surface area contributed by atoms with Crippen LogP contribution in [0.2, 0.25) is 0 Å². The summed E-state index contributed by atoms with van der Waals surface area (Å²) in [5, 5.41) is 9.16. The molecule has 2 saturated heterocycles. The van der Waals surface area contributed by atoms with E-state index in [-0.39, 0.29) is 17.9 Å². The predicted octanol–water partition coefficient (Wildman–Crippen LogP) is 1.48. The fourth-order valence-corrected chi connectivity index (χ4v) is 3.16. The predicted molar refractivity (Wildman–Crippen MR) is 69.7 cm³/mol. The molecule has 0 bridgehead atoms. The molecule has 0 aromatic rings. The second-order valence-corrected chi connectivity index (χ2v) is 5.98. The molecule has 0 aromatic carbocycles. The molecule has 2 aliphatic rings. The monoisotopic (exact) mass is 249 g/mol. The Morgan fingerprint density at radius 2 is 2.11 bits per heavy atom. The summed E-state index contributed by atoms with van der Waals surface area (Å²) in [6, 6.07) is 2.94. The highest BCUT2D eigenvalue weighted by molar-refractivity contribution is 5.82. The number of nitriles is 1. The highest BCUT2D eigenvalue weighted by Gasteiger charge is 2.39. The Morgan fingerprint density at radius 1 is 1.39 bits per heavy atom. The third kappa shape index (κ3) is 2.37. The molecular formula is C14H23N3O. The maximum atomic E-state index is 12.5. The zero-order chi connectivity index (χ0) is 13.3. The summed E-state index contributed by atoms with van der Waals surface area (Å²) in [5.41, 5.74) is 0. The molecule has 18 heavy (non-hydrogen) atoms. The zero-order valence-corrected chi connectivity index (χ0v) is 11.6. The van der Waals surface area contributed by atoms with Crippen molar-refractivity contribution < 1.29 is 4.79 Å². The number of fused-ring (bicyclic) bond motifs is 1. The number of carbonyl (C=O) groups excluding carboxylic acids is 1. The Hall–Kier alpha value is -1.08. The molecule has 0 spiro atoms. The molecule has 2 heterocycles. The highest BCUT2D eigenvalue weighted by atomic mass is 16.2. The molecule has 100 valence electrons. The van der Waals surface area contributed by atoms with E-state index in [0.717, 1.165) is 13.1 Å². The van der Waals surface area contributed by atoms with Gasteiger partial charge in [0.1, 0.15) is 5.92 Å². The number of rotatable bonds is 2. The van der Waals surface area contributed by atoms with Crippen LogP contribution in [0.3, 0.4) is 0 Å². The van der Waals surface area contributed by atoms with Gasteiger partial charge in [-0.15, -0.1) is 0 Å². The maximum absolute atomic E-state index is 12.5. The van der Waals surface area contributed by atoms with Crippen molar-refractivity contribution in [2.75, 3.05) is 19.6 Å². The molecule has 2 aliphatic heterocycles. The van der Waals surface area contributed by atoms with Gasteiger partial charge in [0.15, 0.2) is 0 Å². The largest absolute Gasteiger partial charge is 0.336 e. The van der Waals surface area contributed by atoms with Crippen molar-refractivity contribution in [2.45, 2.75) is 45.7 Å². The van der Waals surface area contributed by atoms with E-state index in [1.165, 1.54) is 19.4 Å². The Kier molecular flexibility index (Phi) is 3.91. The van der Waals surface area contributed by atoms with Gasteiger partial charge < -0.3 is 4.90 Å². The van der Waals surface area contributed by atoms with Gasteiger partial charge in [0.25, 0.3) is 0 Å². The number of hydrogen-bond donors (Lipinski definition) is 0. The van der Waals surface area contributed by atoms with Gasteiger partial charge >= 0.3 is 0 Å². The van der Waals surface area contributed by atoms with Gasteiger partial charge in [-0.05, 0) is 32.2 Å². The minimum absolute atomic E-state index is 0.0338. The van der Waals surface area contributed by atoms with Crippen LogP contribution < -0.4 is 0 Å². The van der Waals surface area contributed by atoms with Crippen LogP contribution in [0.5, 0.6) is 0 Å². The van der Waals surface area contributed by atoms with Crippen molar-refractivity contribution in [2.24, 2.45) is 11.8 Å². The van der Waals surface area contributed by atoms with E-state index in [9.17, 15) is 4.79 Å². The molecular weight excluding hydrogens is 226 g/mol. The van der Waals surface area contributed by atoms with Gasteiger partial charge in [0, 0.05) is 25.2 Å². The van der Waals surface area contributed by atoms with Gasteiger partial charge in [-0.1, -0.05) is 13.8 Å². The molecule has 0 aromatic heterocycles. The summed E-state index contributed by atoms with van der Waals surface area (Å²) in [6.45, 7) is 8.94. The highest BCUT2D eigenvalue weighted by Crippen LogP contribution is 2.26. The Morgan fingerprint density at radius 3 is 2.72 bits per heavy atom. The van der Waals surface area contributed by atoms with Crippen LogP contribution in [-0.4, -0.2) is 47.4 Å². The van der Waals surface area contributed by atoms with E-state index in [1.54, 1.807) is 0 Å². The minimum Gasteiger partial charge on any atom is -0.336 e. The smallest absolute Gasteiger partial charge is 0.240 e. The van der Waals surface area contributed by atoms with Crippen molar-refractivity contribution in [1.82, 2.24) is 9.80 Å². The molecule has 1 amide bonds. The van der Waals surface area contributed by atoms with Crippen LogP contribution in [0.15, 0.2) is 0 Å². The maximum Gasteiger partial charge on any atom is 0.240 e. The lowest BCUT2D eigenvalue weighted by atomic mass is 9.94. The summed E-state index contributed by atoms with van der Waals surface area (Å²) in [4.78, 5) is 16.9. The lowest BCUT2D eigenvalue weighted by molar-refractivity contribution is -0.140. The number of piperazine rings is 1. The van der Waals surface area contributed by atoms with Gasteiger partial charge in [-0.3, -0.25) is 9.69 Å². The van der Waals surface area contributed by atoms with Crippen LogP contribution in [-0.2, 0) is 4.79 Å². The zero-order valence-electron chi connectivity index (χ0n) is 11.6. The van der Waals surface area contributed by atoms with Crippen LogP contribution >= 0.6 is 0 Å². The van der Waals surface area contributed by atoms with E-state index >= 15 is 0 Å². The summed E-state index contributed by atoms with van der Waals surface area (Å²) in [6.07, 6.45) is 2.43. The SMILES string of the molecule is CC(C)C(C#N)C(=O)N1CC2CCCN2CC1C. The van der Waals surface area contributed by atoms with Crippen molar-refractivity contribution >= 4 is 5.91 Å². The lowest BCUT2D eigenvalue weighted by Crippen LogP contribution is -2.58. The third-order valence-electron chi connectivity index (χ3n) is 4.29. The van der Waals surface area contributed by atoms with Crippen LogP contribution in [0.25, 0.3) is 0 Å². The van der Waals surface area contributed by atoms with E-state index < -0.39 is 5.92 Å². The normalized spacial score (nSPS) is 30.1. The van der Waals surface area contributed by atoms with E-state index in [1.807, 2.05) is 18.7 Å². The van der Waals surface area contributed by atoms with Crippen LogP contribution in [0, 0.1) is 23.2 Å². The third-order valence-corrected chi connectivity index (χ3v) is 4.29. The molecule has 0 radical (unpaired) electrons. The second-order valence-electron chi connectivity index (χ2n) is 5.98. The van der Waals surface area contributed by atoms with Gasteiger partial charge in [0.05, 0.1) is 6.07 Å². The molecule has 3 atom stereocenters. The van der Waals surface area contributed by atoms with Crippen molar-refractivity contribution in [3.8, 4) is 6.07 Å². The van der Waals surface area contributed by atoms with Crippen molar-refractivity contribution in [3.63, 3.8) is 0 Å². The number of nitrogens with zero attached hydrogens (tertiary/aromatic N) is 3. The number of amides is 1. The first-order valence-corrected chi connectivity index (χ1v) is 6.98. The molecule has 0 saturated carbocycles. The second kappa shape index (κ2) is 5.27. The summed E-state index contributed by atoms with van der Waals surface area (Å²) in [7, 11) is 0. The van der Waals surface area contributed by atoms with Gasteiger partial charge in [0.2, 0.25) is 5.91 Å².